The van der Waals surface area contributed by atoms with Gasteiger partial charge in [-0.25, -0.2) is 0 Å². The van der Waals surface area contributed by atoms with Crippen LogP contribution in [0.2, 0.25) is 0 Å². The zero-order valence-electron chi connectivity index (χ0n) is 31.4. The average molecular weight is 739 g/mol. The van der Waals surface area contributed by atoms with Crippen molar-refractivity contribution in [2.45, 2.75) is 0 Å². The molecule has 4 nitrogen and oxygen atoms in total. The number of fused-ring (bicyclic) bond motifs is 13. The number of rotatable bonds is 4. The lowest BCUT2D eigenvalue weighted by molar-refractivity contribution is 1.09. The molecule has 0 saturated heterocycles. The van der Waals surface area contributed by atoms with Gasteiger partial charge in [0, 0.05) is 48.8 Å². The summed E-state index contributed by atoms with van der Waals surface area (Å²) in [5.74, 6) is 0. The van der Waals surface area contributed by atoms with Crippen molar-refractivity contribution in [1.29, 1.82) is 0 Å². The molecule has 270 valence electrons. The quantitative estimate of drug-likeness (QED) is 0.171. The second kappa shape index (κ2) is 11.8. The van der Waals surface area contributed by atoms with Crippen LogP contribution in [0.4, 0.5) is 0 Å². The molecule has 4 heterocycles. The van der Waals surface area contributed by atoms with Crippen LogP contribution in [0.1, 0.15) is 0 Å². The summed E-state index contributed by atoms with van der Waals surface area (Å²) in [5, 5.41) is 9.90. The fourth-order valence-corrected chi connectivity index (χ4v) is 9.98. The monoisotopic (exact) mass is 738 g/mol. The molecule has 0 aliphatic rings. The first-order valence-corrected chi connectivity index (χ1v) is 20.0. The third-order valence-corrected chi connectivity index (χ3v) is 12.3. The average Bonchev–Trinajstić information content (AvgIpc) is 4.02. The lowest BCUT2D eigenvalue weighted by Crippen LogP contribution is -2.04. The van der Waals surface area contributed by atoms with Gasteiger partial charge < -0.3 is 18.3 Å². The van der Waals surface area contributed by atoms with E-state index in [2.05, 4.69) is 225 Å². The van der Waals surface area contributed by atoms with Crippen LogP contribution in [0, 0.1) is 0 Å². The Hall–Kier alpha value is -7.82. The van der Waals surface area contributed by atoms with Gasteiger partial charge in [-0.2, -0.15) is 0 Å². The Morgan fingerprint density at radius 1 is 0.190 bits per heavy atom. The Morgan fingerprint density at radius 3 is 0.810 bits per heavy atom. The van der Waals surface area contributed by atoms with Crippen LogP contribution in [-0.4, -0.2) is 18.3 Å². The number of aromatic nitrogens is 4. The van der Waals surface area contributed by atoms with E-state index in [9.17, 15) is 0 Å². The Kier molecular flexibility index (Phi) is 6.41. The summed E-state index contributed by atoms with van der Waals surface area (Å²) in [7, 11) is 0. The van der Waals surface area contributed by atoms with Gasteiger partial charge in [0.25, 0.3) is 0 Å². The molecule has 0 bridgehead atoms. The Bertz CT molecular complexity index is 3560. The molecule has 0 aliphatic carbocycles. The zero-order chi connectivity index (χ0) is 37.9. The largest absolute Gasteiger partial charge is 0.309 e. The topological polar surface area (TPSA) is 19.7 Å². The van der Waals surface area contributed by atoms with Crippen LogP contribution in [0.5, 0.6) is 0 Å². The van der Waals surface area contributed by atoms with Crippen molar-refractivity contribution < 1.29 is 0 Å². The number of benzene rings is 9. The molecular weight excluding hydrogens is 705 g/mol. The van der Waals surface area contributed by atoms with Gasteiger partial charge in [0.05, 0.1) is 61.2 Å². The van der Waals surface area contributed by atoms with Gasteiger partial charge in [0.1, 0.15) is 0 Å². The maximum absolute atomic E-state index is 2.53. The highest BCUT2D eigenvalue weighted by atomic mass is 15.1. The zero-order valence-corrected chi connectivity index (χ0v) is 31.4. The summed E-state index contributed by atoms with van der Waals surface area (Å²) >= 11 is 0. The second-order valence-corrected chi connectivity index (χ2v) is 15.3. The van der Waals surface area contributed by atoms with Crippen LogP contribution >= 0.6 is 0 Å². The van der Waals surface area contributed by atoms with Crippen LogP contribution in [-0.2, 0) is 0 Å². The molecule has 13 aromatic rings. The maximum Gasteiger partial charge on any atom is 0.0788 e. The van der Waals surface area contributed by atoms with E-state index in [0.717, 1.165) is 22.7 Å². The molecule has 0 amide bonds. The molecule has 4 heteroatoms. The normalized spacial score (nSPS) is 12.1. The van der Waals surface area contributed by atoms with E-state index in [1.807, 2.05) is 0 Å². The first-order valence-electron chi connectivity index (χ1n) is 20.0. The minimum atomic E-state index is 1.10. The first kappa shape index (κ1) is 31.4. The van der Waals surface area contributed by atoms with Crippen molar-refractivity contribution in [3.05, 3.63) is 206 Å². The molecule has 4 aromatic heterocycles. The lowest BCUT2D eigenvalue weighted by Gasteiger charge is -2.18. The Balaban J connectivity index is 1.24. The molecule has 0 aliphatic heterocycles. The number of para-hydroxylation sites is 7. The molecule has 58 heavy (non-hydrogen) atoms. The fraction of sp³-hybridized carbons (Fsp3) is 0. The van der Waals surface area contributed by atoms with Crippen LogP contribution in [0.3, 0.4) is 0 Å². The van der Waals surface area contributed by atoms with Gasteiger partial charge in [-0.3, -0.25) is 0 Å². The highest BCUT2D eigenvalue weighted by molar-refractivity contribution is 6.24. The minimum absolute atomic E-state index is 1.10. The van der Waals surface area contributed by atoms with E-state index in [0.29, 0.717) is 0 Å². The molecule has 0 N–H and O–H groups in total. The summed E-state index contributed by atoms with van der Waals surface area (Å²) in [6.07, 6.45) is 0. The predicted octanol–water partition coefficient (Wildman–Crippen LogP) is 14.1. The Labute approximate surface area is 333 Å². The minimum Gasteiger partial charge on any atom is -0.309 e. The molecule has 13 rings (SSSR count). The summed E-state index contributed by atoms with van der Waals surface area (Å²) in [6, 6.07) is 75.6. The van der Waals surface area contributed by atoms with Gasteiger partial charge in [-0.05, 0) is 66.7 Å². The fourth-order valence-electron chi connectivity index (χ4n) is 9.98. The summed E-state index contributed by atoms with van der Waals surface area (Å²) < 4.78 is 9.90. The third-order valence-electron chi connectivity index (χ3n) is 12.3. The molecule has 0 radical (unpaired) electrons. The second-order valence-electron chi connectivity index (χ2n) is 15.3. The molecule has 9 aromatic carbocycles. The predicted molar refractivity (Wildman–Crippen MR) is 244 cm³/mol. The Morgan fingerprint density at radius 2 is 0.448 bits per heavy atom. The van der Waals surface area contributed by atoms with E-state index in [4.69, 9.17) is 0 Å². The van der Waals surface area contributed by atoms with Crippen LogP contribution < -0.4 is 0 Å². The lowest BCUT2D eigenvalue weighted by atomic mass is 10.1. The van der Waals surface area contributed by atoms with E-state index in [1.165, 1.54) is 87.2 Å². The van der Waals surface area contributed by atoms with Crippen molar-refractivity contribution in [3.8, 4) is 22.7 Å². The summed E-state index contributed by atoms with van der Waals surface area (Å²) in [5.41, 5.74) is 13.9. The third kappa shape index (κ3) is 4.23. The van der Waals surface area contributed by atoms with Crippen LogP contribution in [0.15, 0.2) is 206 Å². The smallest absolute Gasteiger partial charge is 0.0788 e. The summed E-state index contributed by atoms with van der Waals surface area (Å²) in [6.45, 7) is 0. The maximum atomic E-state index is 2.53. The van der Waals surface area contributed by atoms with E-state index in [-0.39, 0.29) is 0 Å². The van der Waals surface area contributed by atoms with Gasteiger partial charge in [0.15, 0.2) is 0 Å². The van der Waals surface area contributed by atoms with E-state index < -0.39 is 0 Å². The van der Waals surface area contributed by atoms with Crippen molar-refractivity contribution in [2.24, 2.45) is 0 Å². The highest BCUT2D eigenvalue weighted by Crippen LogP contribution is 2.43. The molecule has 0 atom stereocenters. The van der Waals surface area contributed by atoms with Gasteiger partial charge in [-0.1, -0.05) is 140 Å². The SMILES string of the molecule is c1ccc(-n2c3ccccc3c3ccc4c5ccccc5n(-c5cc(-n6c7ccccc7c7ccccc76)cc(-n6c7ccccc7c7ccccc76)c5)c4c32)cc1. The van der Waals surface area contributed by atoms with E-state index >= 15 is 0 Å². The first-order chi connectivity index (χ1) is 28.8. The molecule has 0 unspecified atom stereocenters. The molecular formula is C54H34N4. The van der Waals surface area contributed by atoms with Crippen molar-refractivity contribution in [2.75, 3.05) is 0 Å². The highest BCUT2D eigenvalue weighted by Gasteiger charge is 2.23. The summed E-state index contributed by atoms with van der Waals surface area (Å²) in [4.78, 5) is 0. The van der Waals surface area contributed by atoms with Crippen molar-refractivity contribution >= 4 is 87.2 Å². The van der Waals surface area contributed by atoms with Crippen LogP contribution in [0.25, 0.3) is 110 Å². The van der Waals surface area contributed by atoms with Gasteiger partial charge in [0.2, 0.25) is 0 Å². The van der Waals surface area contributed by atoms with Crippen molar-refractivity contribution in [3.63, 3.8) is 0 Å². The number of hydrogen-bond donors (Lipinski definition) is 0. The molecule has 0 fully saturated rings. The van der Waals surface area contributed by atoms with Gasteiger partial charge >= 0.3 is 0 Å². The number of nitrogens with zero attached hydrogens (tertiary/aromatic N) is 4. The van der Waals surface area contributed by atoms with Gasteiger partial charge in [-0.15, -0.1) is 0 Å². The van der Waals surface area contributed by atoms with Crippen molar-refractivity contribution in [1.82, 2.24) is 18.3 Å². The van der Waals surface area contributed by atoms with E-state index in [1.54, 1.807) is 0 Å². The number of hydrogen-bond acceptors (Lipinski definition) is 0. The standard InChI is InChI=1S/C54H34N4/c1-2-16-35(17-3-1)57-51-28-14-8-22-43(51)45-30-31-46-44-23-9-15-29-52(44)58(54(46)53(45)57)38-33-36(55-47-24-10-4-18-39(47)40-19-5-11-25-48(40)55)32-37(34-38)56-49-26-12-6-20-41(49)42-21-7-13-27-50(42)56/h1-34H. The molecule has 0 spiro atoms. The molecule has 0 saturated carbocycles.